The molecule has 0 bridgehead atoms. The Balaban J connectivity index is 1.61. The molecule has 2 unspecified atom stereocenters. The Morgan fingerprint density at radius 2 is 1.90 bits per heavy atom. The molecule has 0 radical (unpaired) electrons. The highest BCUT2D eigenvalue weighted by atomic mass is 16.1. The largest absolute Gasteiger partial charge is 0.368 e. The molecule has 0 spiro atoms. The normalized spacial score (nSPS) is 34.5. The molecule has 120 valence electrons. The first-order chi connectivity index (χ1) is 10.1. The number of carbonyl (C=O) groups is 1. The molecule has 0 aliphatic heterocycles. The van der Waals surface area contributed by atoms with Gasteiger partial charge in [0.25, 0.3) is 0 Å². The summed E-state index contributed by atoms with van der Waals surface area (Å²) in [5, 5.41) is 3.58. The van der Waals surface area contributed by atoms with E-state index in [1.807, 2.05) is 0 Å². The van der Waals surface area contributed by atoms with Crippen LogP contribution in [0.4, 0.5) is 0 Å². The molecular weight excluding hydrogens is 262 g/mol. The molecule has 0 aromatic rings. The molecule has 3 N–H and O–H groups in total. The molecular formula is C17H31N3O. The van der Waals surface area contributed by atoms with Crippen molar-refractivity contribution in [2.75, 3.05) is 13.6 Å². The van der Waals surface area contributed by atoms with Crippen LogP contribution in [0.25, 0.3) is 0 Å². The minimum Gasteiger partial charge on any atom is -0.368 e. The molecule has 0 heterocycles. The fourth-order valence-electron chi connectivity index (χ4n) is 4.42. The van der Waals surface area contributed by atoms with Crippen LogP contribution in [0.5, 0.6) is 0 Å². The van der Waals surface area contributed by atoms with Crippen molar-refractivity contribution in [3.63, 3.8) is 0 Å². The third-order valence-corrected chi connectivity index (χ3v) is 5.90. The third-order valence-electron chi connectivity index (χ3n) is 5.90. The molecule has 0 saturated heterocycles. The maximum Gasteiger partial charge on any atom is 0.237 e. The summed E-state index contributed by atoms with van der Waals surface area (Å²) < 4.78 is 0. The van der Waals surface area contributed by atoms with E-state index in [0.717, 1.165) is 25.2 Å². The maximum absolute atomic E-state index is 12.1. The molecule has 2 atom stereocenters. The lowest BCUT2D eigenvalue weighted by atomic mass is 9.77. The van der Waals surface area contributed by atoms with Crippen LogP contribution in [-0.2, 0) is 4.79 Å². The number of nitrogens with zero attached hydrogens (tertiary/aromatic N) is 1. The van der Waals surface area contributed by atoms with Crippen molar-refractivity contribution in [2.24, 2.45) is 11.7 Å². The predicted molar refractivity (Wildman–Crippen MR) is 84.9 cm³/mol. The van der Waals surface area contributed by atoms with Crippen molar-refractivity contribution >= 4 is 5.91 Å². The zero-order valence-corrected chi connectivity index (χ0v) is 13.4. The average Bonchev–Trinajstić information content (AvgIpc) is 3.12. The zero-order valence-electron chi connectivity index (χ0n) is 13.4. The van der Waals surface area contributed by atoms with E-state index < -0.39 is 5.54 Å². The highest BCUT2D eigenvalue weighted by molar-refractivity contribution is 5.85. The third kappa shape index (κ3) is 3.59. The van der Waals surface area contributed by atoms with E-state index in [2.05, 4.69) is 17.3 Å². The van der Waals surface area contributed by atoms with Crippen LogP contribution >= 0.6 is 0 Å². The Morgan fingerprint density at radius 3 is 2.52 bits per heavy atom. The molecule has 0 aromatic carbocycles. The van der Waals surface area contributed by atoms with Gasteiger partial charge in [0.2, 0.25) is 5.91 Å². The fraction of sp³-hybridized carbons (Fsp3) is 0.941. The lowest BCUT2D eigenvalue weighted by Gasteiger charge is -2.43. The first-order valence-electron chi connectivity index (χ1n) is 8.87. The van der Waals surface area contributed by atoms with Gasteiger partial charge in [-0.1, -0.05) is 12.8 Å². The number of carbonyl (C=O) groups excluding carboxylic acids is 1. The Morgan fingerprint density at radius 1 is 1.19 bits per heavy atom. The minimum atomic E-state index is -0.436. The van der Waals surface area contributed by atoms with Gasteiger partial charge in [0.15, 0.2) is 0 Å². The van der Waals surface area contributed by atoms with Gasteiger partial charge in [-0.2, -0.15) is 0 Å². The van der Waals surface area contributed by atoms with Crippen LogP contribution < -0.4 is 11.1 Å². The lowest BCUT2D eigenvalue weighted by molar-refractivity contribution is -0.126. The number of hydrogen-bond donors (Lipinski definition) is 2. The number of primary amides is 1. The summed E-state index contributed by atoms with van der Waals surface area (Å²) in [7, 11) is 2.25. The lowest BCUT2D eigenvalue weighted by Crippen LogP contribution is -2.61. The number of hydrogen-bond acceptors (Lipinski definition) is 3. The Hall–Kier alpha value is -0.610. The molecule has 0 aromatic heterocycles. The van der Waals surface area contributed by atoms with Crippen molar-refractivity contribution in [3.8, 4) is 0 Å². The highest BCUT2D eigenvalue weighted by Crippen LogP contribution is 2.35. The molecule has 21 heavy (non-hydrogen) atoms. The topological polar surface area (TPSA) is 58.4 Å². The van der Waals surface area contributed by atoms with Crippen LogP contribution in [0.1, 0.15) is 64.2 Å². The second kappa shape index (κ2) is 6.25. The van der Waals surface area contributed by atoms with Crippen LogP contribution in [0.15, 0.2) is 0 Å². The minimum absolute atomic E-state index is 0.131. The summed E-state index contributed by atoms with van der Waals surface area (Å²) in [5.74, 6) is 0.740. The van der Waals surface area contributed by atoms with Gasteiger partial charge < -0.3 is 16.0 Å². The van der Waals surface area contributed by atoms with Gasteiger partial charge in [-0.15, -0.1) is 0 Å². The van der Waals surface area contributed by atoms with Crippen LogP contribution in [0.2, 0.25) is 0 Å². The van der Waals surface area contributed by atoms with E-state index in [1.165, 1.54) is 51.5 Å². The Kier molecular flexibility index (Phi) is 4.55. The number of rotatable bonds is 6. The number of nitrogens with two attached hydrogens (primary N) is 1. The SMILES string of the molecule is CN(CC1CCCC1)C1CCCC(NC2CC2)(C(N)=O)C1. The van der Waals surface area contributed by atoms with E-state index in [4.69, 9.17) is 5.73 Å². The quantitative estimate of drug-likeness (QED) is 0.788. The monoisotopic (exact) mass is 293 g/mol. The summed E-state index contributed by atoms with van der Waals surface area (Å²) >= 11 is 0. The van der Waals surface area contributed by atoms with Crippen molar-refractivity contribution in [3.05, 3.63) is 0 Å². The first kappa shape index (κ1) is 15.3. The van der Waals surface area contributed by atoms with Crippen molar-refractivity contribution in [1.82, 2.24) is 10.2 Å². The van der Waals surface area contributed by atoms with Crippen molar-refractivity contribution < 1.29 is 4.79 Å². The van der Waals surface area contributed by atoms with Crippen molar-refractivity contribution in [1.29, 1.82) is 0 Å². The summed E-state index contributed by atoms with van der Waals surface area (Å²) in [6.45, 7) is 1.20. The molecule has 4 nitrogen and oxygen atoms in total. The molecule has 3 rings (SSSR count). The van der Waals surface area contributed by atoms with Gasteiger partial charge in [-0.25, -0.2) is 0 Å². The highest BCUT2D eigenvalue weighted by Gasteiger charge is 2.45. The van der Waals surface area contributed by atoms with E-state index >= 15 is 0 Å². The molecule has 3 saturated carbocycles. The molecule has 3 aliphatic rings. The second-order valence-corrected chi connectivity index (χ2v) is 7.71. The molecule has 3 aliphatic carbocycles. The van der Waals surface area contributed by atoms with Gasteiger partial charge in [0, 0.05) is 18.6 Å². The van der Waals surface area contributed by atoms with E-state index in [0.29, 0.717) is 12.1 Å². The maximum atomic E-state index is 12.1. The summed E-state index contributed by atoms with van der Waals surface area (Å²) in [6, 6.07) is 1.05. The zero-order chi connectivity index (χ0) is 14.9. The van der Waals surface area contributed by atoms with Gasteiger partial charge in [0.05, 0.1) is 5.54 Å². The molecule has 4 heteroatoms. The average molecular weight is 293 g/mol. The number of amides is 1. The number of nitrogens with one attached hydrogen (secondary N) is 1. The summed E-state index contributed by atoms with van der Waals surface area (Å²) in [6.07, 6.45) is 12.1. The van der Waals surface area contributed by atoms with Crippen LogP contribution in [-0.4, -0.2) is 42.0 Å². The summed E-state index contributed by atoms with van der Waals surface area (Å²) in [5.41, 5.74) is 5.35. The van der Waals surface area contributed by atoms with Crippen LogP contribution in [0, 0.1) is 5.92 Å². The summed E-state index contributed by atoms with van der Waals surface area (Å²) in [4.78, 5) is 14.6. The van der Waals surface area contributed by atoms with Gasteiger partial charge in [0.1, 0.15) is 0 Å². The molecule has 3 fully saturated rings. The Bertz CT molecular complexity index is 376. The van der Waals surface area contributed by atoms with E-state index in [1.54, 1.807) is 0 Å². The smallest absolute Gasteiger partial charge is 0.237 e. The van der Waals surface area contributed by atoms with Gasteiger partial charge >= 0.3 is 0 Å². The standard InChI is InChI=1S/C17H31N3O/c1-20(12-13-5-2-3-6-13)15-7-4-10-17(11-15,16(18)21)19-14-8-9-14/h13-15,19H,2-12H2,1H3,(H2,18,21). The predicted octanol–water partition coefficient (Wildman–Crippen LogP) is 2.03. The van der Waals surface area contributed by atoms with Gasteiger partial charge in [-0.3, -0.25) is 4.79 Å². The fourth-order valence-corrected chi connectivity index (χ4v) is 4.42. The van der Waals surface area contributed by atoms with E-state index in [9.17, 15) is 4.79 Å². The first-order valence-corrected chi connectivity index (χ1v) is 8.87. The second-order valence-electron chi connectivity index (χ2n) is 7.71. The molecule has 1 amide bonds. The van der Waals surface area contributed by atoms with Crippen LogP contribution in [0.3, 0.4) is 0 Å². The Labute approximate surface area is 128 Å². The van der Waals surface area contributed by atoms with Crippen molar-refractivity contribution in [2.45, 2.75) is 81.8 Å². The van der Waals surface area contributed by atoms with E-state index in [-0.39, 0.29) is 5.91 Å². The van der Waals surface area contributed by atoms with Gasteiger partial charge in [-0.05, 0) is 64.3 Å².